The third-order valence-corrected chi connectivity index (χ3v) is 2.93. The molecule has 1 heterocycles. The summed E-state index contributed by atoms with van der Waals surface area (Å²) >= 11 is 0. The van der Waals surface area contributed by atoms with Crippen molar-refractivity contribution in [3.63, 3.8) is 0 Å². The quantitative estimate of drug-likeness (QED) is 0.656. The molecule has 3 heteroatoms. The third kappa shape index (κ3) is 1.38. The summed E-state index contributed by atoms with van der Waals surface area (Å²) in [4.78, 5) is 0. The van der Waals surface area contributed by atoms with Gasteiger partial charge in [0.2, 0.25) is 0 Å². The highest BCUT2D eigenvalue weighted by Gasteiger charge is 2.36. The first-order chi connectivity index (χ1) is 6.78. The van der Waals surface area contributed by atoms with E-state index in [1.165, 1.54) is 0 Å². The van der Waals surface area contributed by atoms with E-state index >= 15 is 0 Å². The van der Waals surface area contributed by atoms with E-state index in [4.69, 9.17) is 0 Å². The van der Waals surface area contributed by atoms with Crippen molar-refractivity contribution in [3.05, 3.63) is 29.8 Å². The summed E-state index contributed by atoms with van der Waals surface area (Å²) in [6, 6.07) is 7.20. The highest BCUT2D eigenvalue weighted by atomic mass is 16.3. The Bertz CT molecular complexity index is 319. The summed E-state index contributed by atoms with van der Waals surface area (Å²) in [5.74, 6) is 0.260. The van der Waals surface area contributed by atoms with Crippen LogP contribution in [0.1, 0.15) is 18.4 Å². The molecule has 1 aliphatic rings. The van der Waals surface area contributed by atoms with Crippen LogP contribution in [0.4, 0.5) is 0 Å². The van der Waals surface area contributed by atoms with Crippen molar-refractivity contribution < 1.29 is 10.2 Å². The van der Waals surface area contributed by atoms with Crippen LogP contribution in [0.3, 0.4) is 0 Å². The Kier molecular flexibility index (Phi) is 2.44. The molecule has 0 amide bonds. The number of phenolic OH excluding ortho intramolecular Hbond substituents is 1. The molecular formula is C11H15NO2. The largest absolute Gasteiger partial charge is 0.508 e. The lowest BCUT2D eigenvalue weighted by atomic mass is 9.88. The van der Waals surface area contributed by atoms with Crippen molar-refractivity contribution in [2.24, 2.45) is 0 Å². The number of hydrogen-bond donors (Lipinski definition) is 3. The Hall–Kier alpha value is -1.06. The average Bonchev–Trinajstić information content (AvgIpc) is 2.68. The number of nitrogens with one attached hydrogen (secondary N) is 1. The maximum atomic E-state index is 9.72. The first-order valence-corrected chi connectivity index (χ1v) is 4.93. The van der Waals surface area contributed by atoms with Gasteiger partial charge in [0, 0.05) is 5.56 Å². The van der Waals surface area contributed by atoms with Gasteiger partial charge in [0.1, 0.15) is 5.75 Å². The predicted molar refractivity (Wildman–Crippen MR) is 54.1 cm³/mol. The molecule has 0 spiro atoms. The maximum absolute atomic E-state index is 9.72. The van der Waals surface area contributed by atoms with Crippen LogP contribution in [-0.4, -0.2) is 23.4 Å². The number of hydrogen-bond acceptors (Lipinski definition) is 3. The summed E-state index contributed by atoms with van der Waals surface area (Å²) in [7, 11) is 0. The van der Waals surface area contributed by atoms with Crippen LogP contribution in [0, 0.1) is 0 Å². The lowest BCUT2D eigenvalue weighted by molar-refractivity contribution is 0.175. The molecule has 14 heavy (non-hydrogen) atoms. The SMILES string of the molecule is OCC1(c2ccccc2O)CCCN1. The molecule has 0 aliphatic carbocycles. The van der Waals surface area contributed by atoms with E-state index in [1.807, 2.05) is 12.1 Å². The van der Waals surface area contributed by atoms with Crippen molar-refractivity contribution in [1.29, 1.82) is 0 Å². The highest BCUT2D eigenvalue weighted by Crippen LogP contribution is 2.35. The van der Waals surface area contributed by atoms with Crippen LogP contribution in [0.5, 0.6) is 5.75 Å². The van der Waals surface area contributed by atoms with Gasteiger partial charge < -0.3 is 15.5 Å². The minimum atomic E-state index is -0.425. The van der Waals surface area contributed by atoms with Gasteiger partial charge in [-0.25, -0.2) is 0 Å². The molecule has 1 saturated heterocycles. The summed E-state index contributed by atoms with van der Waals surface area (Å²) in [5.41, 5.74) is 0.380. The van der Waals surface area contributed by atoms with Crippen LogP contribution >= 0.6 is 0 Å². The Morgan fingerprint density at radius 2 is 2.14 bits per heavy atom. The zero-order valence-corrected chi connectivity index (χ0v) is 8.03. The molecule has 0 saturated carbocycles. The predicted octanol–water partition coefficient (Wildman–Crippen LogP) is 0.963. The fraction of sp³-hybridized carbons (Fsp3) is 0.455. The zero-order chi connectivity index (χ0) is 10.0. The van der Waals surface area contributed by atoms with E-state index in [1.54, 1.807) is 12.1 Å². The fourth-order valence-electron chi connectivity index (χ4n) is 2.13. The molecule has 76 valence electrons. The normalized spacial score (nSPS) is 26.6. The van der Waals surface area contributed by atoms with Crippen molar-refractivity contribution in [2.45, 2.75) is 18.4 Å². The van der Waals surface area contributed by atoms with Gasteiger partial charge >= 0.3 is 0 Å². The molecule has 1 fully saturated rings. The molecule has 0 radical (unpaired) electrons. The molecule has 0 aromatic heterocycles. The first-order valence-electron chi connectivity index (χ1n) is 4.93. The highest BCUT2D eigenvalue weighted by molar-refractivity contribution is 5.38. The molecule has 3 nitrogen and oxygen atoms in total. The van der Waals surface area contributed by atoms with E-state index in [-0.39, 0.29) is 12.4 Å². The molecule has 1 atom stereocenters. The lowest BCUT2D eigenvalue weighted by Gasteiger charge is -2.28. The minimum Gasteiger partial charge on any atom is -0.508 e. The molecule has 2 rings (SSSR count). The van der Waals surface area contributed by atoms with Crippen molar-refractivity contribution in [1.82, 2.24) is 5.32 Å². The number of aliphatic hydroxyl groups is 1. The van der Waals surface area contributed by atoms with E-state index in [9.17, 15) is 10.2 Å². The topological polar surface area (TPSA) is 52.5 Å². The Labute approximate surface area is 83.4 Å². The van der Waals surface area contributed by atoms with Gasteiger partial charge in [-0.1, -0.05) is 18.2 Å². The number of rotatable bonds is 2. The zero-order valence-electron chi connectivity index (χ0n) is 8.03. The number of aromatic hydroxyl groups is 1. The fourth-order valence-corrected chi connectivity index (χ4v) is 2.13. The van der Waals surface area contributed by atoms with Crippen LogP contribution in [0.15, 0.2) is 24.3 Å². The van der Waals surface area contributed by atoms with Crippen molar-refractivity contribution >= 4 is 0 Å². The molecular weight excluding hydrogens is 178 g/mol. The van der Waals surface area contributed by atoms with Gasteiger partial charge in [-0.3, -0.25) is 0 Å². The molecule has 1 aliphatic heterocycles. The number of para-hydroxylation sites is 1. The monoisotopic (exact) mass is 193 g/mol. The maximum Gasteiger partial charge on any atom is 0.120 e. The van der Waals surface area contributed by atoms with Gasteiger partial charge in [0.25, 0.3) is 0 Å². The second-order valence-corrected chi connectivity index (χ2v) is 3.79. The van der Waals surface area contributed by atoms with Crippen molar-refractivity contribution in [3.8, 4) is 5.75 Å². The second kappa shape index (κ2) is 3.59. The van der Waals surface area contributed by atoms with E-state index in [2.05, 4.69) is 5.32 Å². The van der Waals surface area contributed by atoms with Gasteiger partial charge in [-0.05, 0) is 25.5 Å². The molecule has 3 N–H and O–H groups in total. The van der Waals surface area contributed by atoms with Gasteiger partial charge in [-0.15, -0.1) is 0 Å². The minimum absolute atomic E-state index is 0.0323. The Balaban J connectivity index is 2.41. The van der Waals surface area contributed by atoms with E-state index in [0.717, 1.165) is 24.9 Å². The summed E-state index contributed by atoms with van der Waals surface area (Å²) in [6.45, 7) is 0.930. The van der Waals surface area contributed by atoms with Gasteiger partial charge in [0.05, 0.1) is 12.1 Å². The van der Waals surface area contributed by atoms with Crippen LogP contribution in [-0.2, 0) is 5.54 Å². The number of phenols is 1. The summed E-state index contributed by atoms with van der Waals surface area (Å²) < 4.78 is 0. The van der Waals surface area contributed by atoms with Crippen LogP contribution in [0.2, 0.25) is 0 Å². The molecule has 1 aromatic carbocycles. The smallest absolute Gasteiger partial charge is 0.120 e. The number of aliphatic hydroxyl groups excluding tert-OH is 1. The molecule has 1 aromatic rings. The average molecular weight is 193 g/mol. The Morgan fingerprint density at radius 3 is 2.71 bits per heavy atom. The van der Waals surface area contributed by atoms with Crippen LogP contribution < -0.4 is 5.32 Å². The summed E-state index contributed by atoms with van der Waals surface area (Å²) in [6.07, 6.45) is 1.91. The first kappa shape index (κ1) is 9.49. The number of benzene rings is 1. The van der Waals surface area contributed by atoms with Crippen LogP contribution in [0.25, 0.3) is 0 Å². The third-order valence-electron chi connectivity index (χ3n) is 2.93. The standard InChI is InChI=1S/C11H15NO2/c13-8-11(6-3-7-12-11)9-4-1-2-5-10(9)14/h1-2,4-5,12-14H,3,6-8H2. The van der Waals surface area contributed by atoms with E-state index < -0.39 is 5.54 Å². The molecule has 0 bridgehead atoms. The lowest BCUT2D eigenvalue weighted by Crippen LogP contribution is -2.40. The Morgan fingerprint density at radius 1 is 1.36 bits per heavy atom. The van der Waals surface area contributed by atoms with Crippen molar-refractivity contribution in [2.75, 3.05) is 13.2 Å². The second-order valence-electron chi connectivity index (χ2n) is 3.79. The summed E-state index contributed by atoms with van der Waals surface area (Å²) in [5, 5.41) is 22.4. The van der Waals surface area contributed by atoms with E-state index in [0.29, 0.717) is 0 Å². The molecule has 1 unspecified atom stereocenters. The van der Waals surface area contributed by atoms with Gasteiger partial charge in [0.15, 0.2) is 0 Å². The van der Waals surface area contributed by atoms with Gasteiger partial charge in [-0.2, -0.15) is 0 Å².